The molecule has 1 aliphatic carbocycles. The Hall–Kier alpha value is -3.01. The van der Waals surface area contributed by atoms with Crippen molar-refractivity contribution in [3.8, 4) is 0 Å². The summed E-state index contributed by atoms with van der Waals surface area (Å²) in [5, 5.41) is 5.66. The van der Waals surface area contributed by atoms with Crippen LogP contribution in [0.25, 0.3) is 0 Å². The monoisotopic (exact) mass is 486 g/mol. The molecule has 2 saturated heterocycles. The molecule has 10 heteroatoms. The van der Waals surface area contributed by atoms with Gasteiger partial charge in [-0.25, -0.2) is 9.18 Å². The van der Waals surface area contributed by atoms with Gasteiger partial charge in [0.15, 0.2) is 5.78 Å². The molecular formula is C25H31FN4O5. The first-order valence-electron chi connectivity index (χ1n) is 12.2. The minimum atomic E-state index is -1.43. The zero-order valence-corrected chi connectivity index (χ0v) is 20.0. The summed E-state index contributed by atoms with van der Waals surface area (Å²) in [7, 11) is 1.66. The van der Waals surface area contributed by atoms with Gasteiger partial charge in [0.25, 0.3) is 5.91 Å². The second-order valence-corrected chi connectivity index (χ2v) is 10.6. The number of ether oxygens (including phenoxy) is 1. The number of nitrogens with one attached hydrogen (secondary N) is 2. The van der Waals surface area contributed by atoms with Gasteiger partial charge in [0.05, 0.1) is 6.54 Å². The minimum absolute atomic E-state index is 0.124. The number of ketones is 1. The quantitative estimate of drug-likeness (QED) is 0.664. The maximum atomic E-state index is 14.6. The maximum Gasteiger partial charge on any atom is 0.321 e. The molecule has 0 aromatic heterocycles. The summed E-state index contributed by atoms with van der Waals surface area (Å²) in [5.41, 5.74) is 1.68. The molecule has 3 heterocycles. The highest BCUT2D eigenvalue weighted by Gasteiger charge is 2.54. The highest BCUT2D eigenvalue weighted by molar-refractivity contribution is 6.00. The number of halogens is 1. The van der Waals surface area contributed by atoms with Crippen LogP contribution in [0.2, 0.25) is 0 Å². The molecular weight excluding hydrogens is 455 g/mol. The average Bonchev–Trinajstić information content (AvgIpc) is 3.51. The van der Waals surface area contributed by atoms with Gasteiger partial charge >= 0.3 is 6.03 Å². The van der Waals surface area contributed by atoms with Gasteiger partial charge in [0.1, 0.15) is 31.0 Å². The van der Waals surface area contributed by atoms with Crippen LogP contribution < -0.4 is 10.6 Å². The molecule has 2 N–H and O–H groups in total. The topological polar surface area (TPSA) is 108 Å². The zero-order valence-electron chi connectivity index (χ0n) is 20.0. The van der Waals surface area contributed by atoms with Crippen molar-refractivity contribution in [3.05, 3.63) is 29.3 Å². The fourth-order valence-electron chi connectivity index (χ4n) is 5.92. The first-order chi connectivity index (χ1) is 16.6. The minimum Gasteiger partial charge on any atom is -0.365 e. The molecule has 3 fully saturated rings. The van der Waals surface area contributed by atoms with E-state index in [1.54, 1.807) is 25.2 Å². The Labute approximate surface area is 203 Å². The van der Waals surface area contributed by atoms with Crippen molar-refractivity contribution in [1.82, 2.24) is 15.1 Å². The van der Waals surface area contributed by atoms with Crippen molar-refractivity contribution in [1.29, 1.82) is 0 Å². The third-order valence-corrected chi connectivity index (χ3v) is 7.88. The molecule has 0 bridgehead atoms. The molecule has 0 unspecified atom stereocenters. The summed E-state index contributed by atoms with van der Waals surface area (Å²) in [6.07, 6.45) is 2.06. The molecule has 3 aliphatic heterocycles. The van der Waals surface area contributed by atoms with Crippen molar-refractivity contribution in [3.63, 3.8) is 0 Å². The molecule has 1 aromatic carbocycles. The van der Waals surface area contributed by atoms with Crippen LogP contribution in [-0.4, -0.2) is 78.0 Å². The lowest BCUT2D eigenvalue weighted by Crippen LogP contribution is -2.53. The van der Waals surface area contributed by atoms with E-state index in [-0.39, 0.29) is 30.4 Å². The van der Waals surface area contributed by atoms with Crippen molar-refractivity contribution in [2.24, 2.45) is 5.41 Å². The lowest BCUT2D eigenvalue weighted by Gasteiger charge is -2.33. The lowest BCUT2D eigenvalue weighted by atomic mass is 9.81. The SMILES string of the molecule is CN1Cc2cc(C(=O)N[C@@H](CC3(C)CCCC3)C(=O)N3C[C@H](F)[C@H]4OCC(=O)[C@H]43)ccc2NC1=O. The van der Waals surface area contributed by atoms with Gasteiger partial charge in [-0.15, -0.1) is 0 Å². The molecule has 35 heavy (non-hydrogen) atoms. The average molecular weight is 487 g/mol. The summed E-state index contributed by atoms with van der Waals surface area (Å²) in [4.78, 5) is 54.0. The van der Waals surface area contributed by atoms with E-state index < -0.39 is 36.2 Å². The predicted molar refractivity (Wildman–Crippen MR) is 125 cm³/mol. The van der Waals surface area contributed by atoms with Gasteiger partial charge in [-0.1, -0.05) is 19.8 Å². The van der Waals surface area contributed by atoms with E-state index in [4.69, 9.17) is 4.74 Å². The number of Topliss-reactive ketones (excluding diaryl/α,β-unsaturated/α-hetero) is 1. The molecule has 4 amide bonds. The Morgan fingerprint density at radius 3 is 2.77 bits per heavy atom. The molecule has 188 valence electrons. The van der Waals surface area contributed by atoms with Crippen LogP contribution in [0.1, 0.15) is 54.9 Å². The smallest absolute Gasteiger partial charge is 0.321 e. The predicted octanol–water partition coefficient (Wildman–Crippen LogP) is 2.25. The second kappa shape index (κ2) is 8.89. The van der Waals surface area contributed by atoms with E-state index in [1.807, 2.05) is 0 Å². The molecule has 0 radical (unpaired) electrons. The largest absolute Gasteiger partial charge is 0.365 e. The van der Waals surface area contributed by atoms with E-state index in [1.165, 1.54) is 9.80 Å². The number of benzene rings is 1. The van der Waals surface area contributed by atoms with Gasteiger partial charge < -0.3 is 25.2 Å². The Morgan fingerprint density at radius 2 is 2.03 bits per heavy atom. The van der Waals surface area contributed by atoms with Crippen LogP contribution in [0, 0.1) is 5.41 Å². The van der Waals surface area contributed by atoms with Crippen LogP contribution in [-0.2, 0) is 20.9 Å². The number of rotatable bonds is 5. The van der Waals surface area contributed by atoms with Crippen LogP contribution in [0.4, 0.5) is 14.9 Å². The summed E-state index contributed by atoms with van der Waals surface area (Å²) in [6, 6.07) is 2.95. The number of fused-ring (bicyclic) bond motifs is 2. The standard InChI is InChI=1S/C25H31FN4O5/c1-25(7-3-4-8-25)10-18(23(33)30-12-16(26)21-20(30)19(31)13-35-21)27-22(32)14-5-6-17-15(9-14)11-29(2)24(34)28-17/h5-6,9,16,18,20-21H,3-4,7-8,10-13H2,1-2H3,(H,27,32)(H,28,34)/t16-,18-,20+,21+/m0/s1. The van der Waals surface area contributed by atoms with Crippen LogP contribution in [0.5, 0.6) is 0 Å². The van der Waals surface area contributed by atoms with Crippen LogP contribution >= 0.6 is 0 Å². The van der Waals surface area contributed by atoms with Crippen LogP contribution in [0.3, 0.4) is 0 Å². The number of urea groups is 1. The highest BCUT2D eigenvalue weighted by Crippen LogP contribution is 2.42. The summed E-state index contributed by atoms with van der Waals surface area (Å²) >= 11 is 0. The normalized spacial score (nSPS) is 27.9. The second-order valence-electron chi connectivity index (χ2n) is 10.6. The number of carbonyl (C=O) groups excluding carboxylic acids is 4. The van der Waals surface area contributed by atoms with Crippen molar-refractivity contribution in [2.75, 3.05) is 25.5 Å². The van der Waals surface area contributed by atoms with Crippen LogP contribution in [0.15, 0.2) is 18.2 Å². The summed E-state index contributed by atoms with van der Waals surface area (Å²) in [5.74, 6) is -1.17. The Bertz CT molecular complexity index is 1070. The van der Waals surface area contributed by atoms with E-state index in [2.05, 4.69) is 17.6 Å². The van der Waals surface area contributed by atoms with E-state index >= 15 is 0 Å². The van der Waals surface area contributed by atoms with E-state index in [0.717, 1.165) is 31.2 Å². The Morgan fingerprint density at radius 1 is 1.29 bits per heavy atom. The molecule has 0 spiro atoms. The Kier molecular flexibility index (Phi) is 6.03. The number of hydrogen-bond acceptors (Lipinski definition) is 5. The number of amides is 4. The molecule has 4 aliphatic rings. The maximum absolute atomic E-state index is 14.6. The van der Waals surface area contributed by atoms with Gasteiger partial charge in [-0.2, -0.15) is 0 Å². The fraction of sp³-hybridized carbons (Fsp3) is 0.600. The molecule has 1 saturated carbocycles. The number of carbonyl (C=O) groups is 4. The molecule has 4 atom stereocenters. The third kappa shape index (κ3) is 4.39. The van der Waals surface area contributed by atoms with E-state index in [9.17, 15) is 23.6 Å². The van der Waals surface area contributed by atoms with Gasteiger partial charge in [0, 0.05) is 24.8 Å². The lowest BCUT2D eigenvalue weighted by molar-refractivity contribution is -0.138. The number of alkyl halides is 1. The molecule has 1 aromatic rings. The Balaban J connectivity index is 1.38. The first kappa shape index (κ1) is 23.7. The number of anilines is 1. The third-order valence-electron chi connectivity index (χ3n) is 7.88. The summed E-state index contributed by atoms with van der Waals surface area (Å²) in [6.45, 7) is 2.06. The van der Waals surface area contributed by atoms with Gasteiger partial charge in [-0.3, -0.25) is 14.4 Å². The van der Waals surface area contributed by atoms with Gasteiger partial charge in [0.2, 0.25) is 5.91 Å². The van der Waals surface area contributed by atoms with Crippen molar-refractivity contribution < 1.29 is 28.3 Å². The fourth-order valence-corrected chi connectivity index (χ4v) is 5.92. The number of hydrogen-bond donors (Lipinski definition) is 2. The number of nitrogens with zero attached hydrogens (tertiary/aromatic N) is 2. The molecule has 5 rings (SSSR count). The van der Waals surface area contributed by atoms with E-state index in [0.29, 0.717) is 24.2 Å². The first-order valence-corrected chi connectivity index (χ1v) is 12.2. The molecule has 9 nitrogen and oxygen atoms in total. The van der Waals surface area contributed by atoms with Gasteiger partial charge in [-0.05, 0) is 48.4 Å². The number of likely N-dealkylation sites (tertiary alicyclic amines) is 1. The van der Waals surface area contributed by atoms with Crippen molar-refractivity contribution in [2.45, 2.75) is 69.9 Å². The highest BCUT2D eigenvalue weighted by atomic mass is 19.1. The summed E-state index contributed by atoms with van der Waals surface area (Å²) < 4.78 is 19.9. The zero-order chi connectivity index (χ0) is 24.9. The van der Waals surface area contributed by atoms with Crippen molar-refractivity contribution >= 4 is 29.3 Å².